The lowest BCUT2D eigenvalue weighted by molar-refractivity contribution is -0.124. The van der Waals surface area contributed by atoms with E-state index in [1.165, 1.54) is 12.1 Å². The Morgan fingerprint density at radius 2 is 1.92 bits per heavy atom. The van der Waals surface area contributed by atoms with Crippen molar-refractivity contribution in [2.75, 3.05) is 6.54 Å². The number of primary amides is 1. The molecule has 2 aliphatic carbocycles. The standard InChI is InChI=1S/C18H24FN3O3/c19-13-5-3-12(4-6-13)10-17(7-1-2-14(17)23)11-21-15(24)18(8-9-18)22-16(20)25/h3-6,14,23H,1-2,7-11H2,(H,21,24)(H3,20,22,25)/t14-,17+/m0/s1. The molecule has 6 nitrogen and oxygen atoms in total. The lowest BCUT2D eigenvalue weighted by Gasteiger charge is -2.34. The van der Waals surface area contributed by atoms with Crippen LogP contribution in [0.1, 0.15) is 37.7 Å². The minimum absolute atomic E-state index is 0.260. The van der Waals surface area contributed by atoms with Crippen molar-refractivity contribution >= 4 is 11.9 Å². The second-order valence-electron chi connectivity index (χ2n) is 7.33. The summed E-state index contributed by atoms with van der Waals surface area (Å²) >= 11 is 0. The molecule has 3 amide bonds. The third-order valence-corrected chi connectivity index (χ3v) is 5.48. The van der Waals surface area contributed by atoms with E-state index in [0.717, 1.165) is 18.4 Å². The molecule has 2 atom stereocenters. The van der Waals surface area contributed by atoms with Gasteiger partial charge in [-0.3, -0.25) is 4.79 Å². The van der Waals surface area contributed by atoms with Gasteiger partial charge in [0.15, 0.2) is 0 Å². The quantitative estimate of drug-likeness (QED) is 0.620. The van der Waals surface area contributed by atoms with Crippen LogP contribution < -0.4 is 16.4 Å². The molecule has 2 saturated carbocycles. The van der Waals surface area contributed by atoms with Crippen molar-refractivity contribution in [3.8, 4) is 0 Å². The fraction of sp³-hybridized carbons (Fsp3) is 0.556. The summed E-state index contributed by atoms with van der Waals surface area (Å²) in [5.41, 5.74) is 4.69. The maximum atomic E-state index is 13.1. The average molecular weight is 349 g/mol. The zero-order valence-electron chi connectivity index (χ0n) is 14.1. The van der Waals surface area contributed by atoms with Crippen LogP contribution in [0.25, 0.3) is 0 Å². The molecule has 0 aromatic heterocycles. The first-order valence-electron chi connectivity index (χ1n) is 8.64. The first kappa shape index (κ1) is 17.7. The summed E-state index contributed by atoms with van der Waals surface area (Å²) in [6.45, 7) is 0.312. The van der Waals surface area contributed by atoms with Crippen LogP contribution in [0.3, 0.4) is 0 Å². The highest BCUT2D eigenvalue weighted by Crippen LogP contribution is 2.42. The van der Waals surface area contributed by atoms with Crippen LogP contribution in [0.5, 0.6) is 0 Å². The number of nitrogens with one attached hydrogen (secondary N) is 2. The van der Waals surface area contributed by atoms with E-state index >= 15 is 0 Å². The van der Waals surface area contributed by atoms with Gasteiger partial charge in [0.05, 0.1) is 6.10 Å². The van der Waals surface area contributed by atoms with Crippen LogP contribution in [-0.4, -0.2) is 35.2 Å². The van der Waals surface area contributed by atoms with Crippen LogP contribution in [0.15, 0.2) is 24.3 Å². The Morgan fingerprint density at radius 3 is 2.44 bits per heavy atom. The van der Waals surface area contributed by atoms with Crippen molar-refractivity contribution in [2.24, 2.45) is 11.1 Å². The maximum absolute atomic E-state index is 13.1. The van der Waals surface area contributed by atoms with E-state index in [4.69, 9.17) is 5.73 Å². The molecule has 5 N–H and O–H groups in total. The van der Waals surface area contributed by atoms with Gasteiger partial charge in [0.25, 0.3) is 0 Å². The zero-order chi connectivity index (χ0) is 18.1. The van der Waals surface area contributed by atoms with Gasteiger partial charge in [0.2, 0.25) is 5.91 Å². The van der Waals surface area contributed by atoms with E-state index < -0.39 is 23.1 Å². The minimum Gasteiger partial charge on any atom is -0.392 e. The van der Waals surface area contributed by atoms with Crippen LogP contribution >= 0.6 is 0 Å². The van der Waals surface area contributed by atoms with Crippen LogP contribution in [-0.2, 0) is 11.2 Å². The Morgan fingerprint density at radius 1 is 1.24 bits per heavy atom. The summed E-state index contributed by atoms with van der Waals surface area (Å²) in [6, 6.07) is 5.51. The van der Waals surface area contributed by atoms with Gasteiger partial charge in [0.1, 0.15) is 11.4 Å². The summed E-state index contributed by atoms with van der Waals surface area (Å²) < 4.78 is 13.1. The van der Waals surface area contributed by atoms with Crippen LogP contribution in [0, 0.1) is 11.2 Å². The van der Waals surface area contributed by atoms with Crippen molar-refractivity contribution in [1.29, 1.82) is 0 Å². The second kappa shape index (κ2) is 6.63. The largest absolute Gasteiger partial charge is 0.392 e. The lowest BCUT2D eigenvalue weighted by atomic mass is 9.78. The van der Waals surface area contributed by atoms with Gasteiger partial charge >= 0.3 is 6.03 Å². The van der Waals surface area contributed by atoms with Gasteiger partial charge in [-0.2, -0.15) is 0 Å². The number of carbonyl (C=O) groups excluding carboxylic acids is 2. The molecule has 0 heterocycles. The summed E-state index contributed by atoms with van der Waals surface area (Å²) in [5, 5.41) is 15.9. The molecule has 0 bridgehead atoms. The first-order valence-corrected chi connectivity index (χ1v) is 8.64. The number of nitrogens with two attached hydrogens (primary N) is 1. The highest BCUT2D eigenvalue weighted by Gasteiger charge is 2.52. The number of aliphatic hydroxyl groups is 1. The maximum Gasteiger partial charge on any atom is 0.313 e. The summed E-state index contributed by atoms with van der Waals surface area (Å²) in [5.74, 6) is -0.560. The van der Waals surface area contributed by atoms with Crippen LogP contribution in [0.2, 0.25) is 0 Å². The molecule has 7 heteroatoms. The van der Waals surface area contributed by atoms with Crippen molar-refractivity contribution < 1.29 is 19.1 Å². The van der Waals surface area contributed by atoms with E-state index in [-0.39, 0.29) is 11.7 Å². The third kappa shape index (κ3) is 3.76. The van der Waals surface area contributed by atoms with Gasteiger partial charge in [-0.1, -0.05) is 18.6 Å². The predicted molar refractivity (Wildman–Crippen MR) is 90.1 cm³/mol. The number of rotatable bonds is 6. The van der Waals surface area contributed by atoms with Crippen molar-refractivity contribution in [3.05, 3.63) is 35.6 Å². The van der Waals surface area contributed by atoms with Gasteiger partial charge in [-0.25, -0.2) is 9.18 Å². The molecule has 25 heavy (non-hydrogen) atoms. The van der Waals surface area contributed by atoms with Crippen molar-refractivity contribution in [2.45, 2.75) is 50.2 Å². The fourth-order valence-corrected chi connectivity index (χ4v) is 3.80. The number of benzene rings is 1. The molecule has 1 aromatic carbocycles. The van der Waals surface area contributed by atoms with E-state index in [2.05, 4.69) is 10.6 Å². The molecule has 136 valence electrons. The van der Waals surface area contributed by atoms with Gasteiger partial charge in [-0.05, 0) is 49.8 Å². The minimum atomic E-state index is -0.896. The number of hydrogen-bond donors (Lipinski definition) is 4. The smallest absolute Gasteiger partial charge is 0.313 e. The van der Waals surface area contributed by atoms with E-state index in [1.807, 2.05) is 0 Å². The molecule has 0 aliphatic heterocycles. The Balaban J connectivity index is 1.68. The number of halogens is 1. The molecule has 1 aromatic rings. The van der Waals surface area contributed by atoms with Gasteiger partial charge in [0, 0.05) is 12.0 Å². The molecule has 2 aliphatic rings. The van der Waals surface area contributed by atoms with E-state index in [1.54, 1.807) is 12.1 Å². The SMILES string of the molecule is NC(=O)NC1(C(=O)NC[C@]2(Cc3ccc(F)cc3)CCC[C@@H]2O)CC1. The topological polar surface area (TPSA) is 104 Å². The molecule has 0 saturated heterocycles. The molecule has 3 rings (SSSR count). The highest BCUT2D eigenvalue weighted by molar-refractivity contribution is 5.93. The summed E-state index contributed by atoms with van der Waals surface area (Å²) in [4.78, 5) is 23.5. The number of urea groups is 1. The van der Waals surface area contributed by atoms with Crippen molar-refractivity contribution in [3.63, 3.8) is 0 Å². The predicted octanol–water partition coefficient (Wildman–Crippen LogP) is 1.22. The fourth-order valence-electron chi connectivity index (χ4n) is 3.80. The average Bonchev–Trinajstić information content (AvgIpc) is 3.25. The Bertz CT molecular complexity index is 660. The zero-order valence-corrected chi connectivity index (χ0v) is 14.1. The van der Waals surface area contributed by atoms with E-state index in [0.29, 0.717) is 32.2 Å². The Hall–Kier alpha value is -2.15. The van der Waals surface area contributed by atoms with Gasteiger partial charge in [-0.15, -0.1) is 0 Å². The number of carbonyl (C=O) groups is 2. The molecule has 0 spiro atoms. The molecule has 0 unspecified atom stereocenters. The highest BCUT2D eigenvalue weighted by atomic mass is 19.1. The van der Waals surface area contributed by atoms with E-state index in [9.17, 15) is 19.1 Å². The normalized spacial score (nSPS) is 26.9. The number of amides is 3. The Labute approximate surface area is 146 Å². The molecule has 2 fully saturated rings. The summed E-state index contributed by atoms with van der Waals surface area (Å²) in [7, 11) is 0. The monoisotopic (exact) mass is 349 g/mol. The number of aliphatic hydroxyl groups excluding tert-OH is 1. The van der Waals surface area contributed by atoms with Crippen molar-refractivity contribution in [1.82, 2.24) is 10.6 Å². The first-order chi connectivity index (χ1) is 11.9. The molecular weight excluding hydrogens is 325 g/mol. The summed E-state index contributed by atoms with van der Waals surface area (Å²) in [6.07, 6.45) is 3.50. The third-order valence-electron chi connectivity index (χ3n) is 5.48. The lowest BCUT2D eigenvalue weighted by Crippen LogP contribution is -2.53. The molecule has 0 radical (unpaired) electrons. The second-order valence-corrected chi connectivity index (χ2v) is 7.33. The molecular formula is C18H24FN3O3. The van der Waals surface area contributed by atoms with Crippen LogP contribution in [0.4, 0.5) is 9.18 Å². The van der Waals surface area contributed by atoms with Gasteiger partial charge < -0.3 is 21.5 Å². The number of hydrogen-bond acceptors (Lipinski definition) is 3. The Kier molecular flexibility index (Phi) is 4.69.